The molecule has 22 heavy (non-hydrogen) atoms. The highest BCUT2D eigenvalue weighted by Gasteiger charge is 2.41. The lowest BCUT2D eigenvalue weighted by Gasteiger charge is -2.23. The van der Waals surface area contributed by atoms with E-state index in [0.29, 0.717) is 12.1 Å². The van der Waals surface area contributed by atoms with Crippen LogP contribution in [-0.4, -0.2) is 33.9 Å². The SMILES string of the molecule is C[C@@]1(NS(=O)(=O)c2ccc(C(F)(F)F)cc2)CCS(=O)(=O)C1. The van der Waals surface area contributed by atoms with Crippen LogP contribution < -0.4 is 4.72 Å². The molecule has 0 bridgehead atoms. The van der Waals surface area contributed by atoms with Crippen LogP contribution in [0.1, 0.15) is 18.9 Å². The Balaban J connectivity index is 2.25. The fraction of sp³-hybridized carbons (Fsp3) is 0.500. The molecule has 0 unspecified atom stereocenters. The number of halogens is 3. The molecule has 1 aromatic rings. The first-order chi connectivity index (χ1) is 9.83. The summed E-state index contributed by atoms with van der Waals surface area (Å²) in [6, 6.07) is 3.03. The summed E-state index contributed by atoms with van der Waals surface area (Å²) in [4.78, 5) is -0.342. The molecular formula is C12H14F3NO4S2. The van der Waals surface area contributed by atoms with Crippen LogP contribution in [-0.2, 0) is 26.0 Å². The van der Waals surface area contributed by atoms with Crippen LogP contribution in [0.4, 0.5) is 13.2 Å². The lowest BCUT2D eigenvalue weighted by atomic mass is 10.0. The van der Waals surface area contributed by atoms with E-state index in [9.17, 15) is 30.0 Å². The van der Waals surface area contributed by atoms with Crippen molar-refractivity contribution in [3.05, 3.63) is 29.8 Å². The van der Waals surface area contributed by atoms with Gasteiger partial charge in [0.15, 0.2) is 9.84 Å². The molecule has 0 amide bonds. The van der Waals surface area contributed by atoms with Crippen LogP contribution >= 0.6 is 0 Å². The Morgan fingerprint density at radius 3 is 2.14 bits per heavy atom. The molecule has 10 heteroatoms. The molecule has 1 atom stereocenters. The second-order valence-corrected chi connectivity index (χ2v) is 9.40. The maximum absolute atomic E-state index is 12.5. The summed E-state index contributed by atoms with van der Waals surface area (Å²) in [6.07, 6.45) is -4.43. The van der Waals surface area contributed by atoms with E-state index >= 15 is 0 Å². The zero-order chi connectivity index (χ0) is 16.8. The van der Waals surface area contributed by atoms with Crippen molar-refractivity contribution < 1.29 is 30.0 Å². The van der Waals surface area contributed by atoms with Gasteiger partial charge in [0, 0.05) is 5.54 Å². The smallest absolute Gasteiger partial charge is 0.229 e. The Morgan fingerprint density at radius 2 is 1.73 bits per heavy atom. The minimum Gasteiger partial charge on any atom is -0.229 e. The van der Waals surface area contributed by atoms with E-state index < -0.39 is 37.1 Å². The highest BCUT2D eigenvalue weighted by atomic mass is 32.2. The summed E-state index contributed by atoms with van der Waals surface area (Å²) in [6.45, 7) is 1.46. The van der Waals surface area contributed by atoms with Crippen LogP contribution in [0.25, 0.3) is 0 Å². The van der Waals surface area contributed by atoms with Gasteiger partial charge in [-0.1, -0.05) is 0 Å². The first kappa shape index (κ1) is 17.2. The van der Waals surface area contributed by atoms with Gasteiger partial charge in [-0.05, 0) is 37.6 Å². The van der Waals surface area contributed by atoms with Crippen molar-refractivity contribution in [3.63, 3.8) is 0 Å². The van der Waals surface area contributed by atoms with Gasteiger partial charge in [0.05, 0.1) is 22.0 Å². The van der Waals surface area contributed by atoms with Crippen molar-refractivity contribution >= 4 is 19.9 Å². The predicted octanol–water partition coefficient (Wildman–Crippen LogP) is 1.56. The predicted molar refractivity (Wildman–Crippen MR) is 73.4 cm³/mol. The Bertz CT molecular complexity index is 770. The summed E-state index contributed by atoms with van der Waals surface area (Å²) < 4.78 is 86.9. The highest BCUT2D eigenvalue weighted by molar-refractivity contribution is 7.92. The van der Waals surface area contributed by atoms with E-state index in [-0.39, 0.29) is 22.8 Å². The van der Waals surface area contributed by atoms with Gasteiger partial charge in [-0.3, -0.25) is 0 Å². The first-order valence-electron chi connectivity index (χ1n) is 6.25. The molecule has 1 saturated heterocycles. The molecule has 1 heterocycles. The second kappa shape index (κ2) is 5.20. The van der Waals surface area contributed by atoms with Crippen molar-refractivity contribution in [2.24, 2.45) is 0 Å². The second-order valence-electron chi connectivity index (χ2n) is 5.53. The molecule has 0 radical (unpaired) electrons. The van der Waals surface area contributed by atoms with E-state index in [1.807, 2.05) is 0 Å². The molecule has 124 valence electrons. The van der Waals surface area contributed by atoms with Crippen molar-refractivity contribution in [1.82, 2.24) is 4.72 Å². The van der Waals surface area contributed by atoms with E-state index in [0.717, 1.165) is 12.1 Å². The topological polar surface area (TPSA) is 80.3 Å². The average Bonchev–Trinajstić information content (AvgIpc) is 2.61. The third-order valence-corrected chi connectivity index (χ3v) is 6.93. The Labute approximate surface area is 126 Å². The number of hydrogen-bond acceptors (Lipinski definition) is 4. The Kier molecular flexibility index (Phi) is 4.08. The van der Waals surface area contributed by atoms with Crippen LogP contribution in [0.5, 0.6) is 0 Å². The minimum atomic E-state index is -4.55. The summed E-state index contributed by atoms with van der Waals surface area (Å²) in [7, 11) is -7.41. The number of rotatable bonds is 3. The molecule has 0 aromatic heterocycles. The van der Waals surface area contributed by atoms with Gasteiger partial charge in [-0.15, -0.1) is 0 Å². The van der Waals surface area contributed by atoms with Gasteiger partial charge in [0.25, 0.3) is 0 Å². The number of sulfonamides is 1. The van der Waals surface area contributed by atoms with Crippen molar-refractivity contribution in [1.29, 1.82) is 0 Å². The quantitative estimate of drug-likeness (QED) is 0.890. The number of sulfone groups is 1. The van der Waals surface area contributed by atoms with Gasteiger partial charge in [-0.2, -0.15) is 13.2 Å². The maximum atomic E-state index is 12.5. The normalized spacial score (nSPS) is 25.3. The molecule has 0 aliphatic carbocycles. The molecule has 1 aliphatic heterocycles. The van der Waals surface area contributed by atoms with E-state index in [2.05, 4.69) is 4.72 Å². The largest absolute Gasteiger partial charge is 0.416 e. The van der Waals surface area contributed by atoms with Crippen LogP contribution in [0.15, 0.2) is 29.2 Å². The average molecular weight is 357 g/mol. The maximum Gasteiger partial charge on any atom is 0.416 e. The summed E-state index contributed by atoms with van der Waals surface area (Å²) in [5.41, 5.74) is -2.11. The minimum absolute atomic E-state index is 0.120. The lowest BCUT2D eigenvalue weighted by Crippen LogP contribution is -2.46. The van der Waals surface area contributed by atoms with Crippen LogP contribution in [0, 0.1) is 0 Å². The third-order valence-electron chi connectivity index (χ3n) is 3.38. The highest BCUT2D eigenvalue weighted by Crippen LogP contribution is 2.30. The van der Waals surface area contributed by atoms with E-state index in [1.54, 1.807) is 0 Å². The van der Waals surface area contributed by atoms with Gasteiger partial charge in [0.1, 0.15) is 0 Å². The Morgan fingerprint density at radius 1 is 1.18 bits per heavy atom. The van der Waals surface area contributed by atoms with Gasteiger partial charge in [0.2, 0.25) is 10.0 Å². The van der Waals surface area contributed by atoms with Crippen molar-refractivity contribution in [2.45, 2.75) is 30.0 Å². The fourth-order valence-corrected chi connectivity index (χ4v) is 5.92. The molecule has 1 aromatic carbocycles. The molecular weight excluding hydrogens is 343 g/mol. The van der Waals surface area contributed by atoms with Crippen LogP contribution in [0.3, 0.4) is 0 Å². The number of hydrogen-bond donors (Lipinski definition) is 1. The lowest BCUT2D eigenvalue weighted by molar-refractivity contribution is -0.137. The molecule has 1 fully saturated rings. The van der Waals surface area contributed by atoms with Crippen molar-refractivity contribution in [2.75, 3.05) is 11.5 Å². The molecule has 1 aliphatic rings. The number of nitrogens with one attached hydrogen (secondary N) is 1. The third kappa shape index (κ3) is 3.79. The van der Waals surface area contributed by atoms with E-state index in [1.165, 1.54) is 6.92 Å². The summed E-state index contributed by atoms with van der Waals surface area (Å²) in [5.74, 6) is -0.459. The standard InChI is InChI=1S/C12H14F3NO4S2/c1-11(6-7-21(17,18)8-11)16-22(19,20)10-4-2-9(3-5-10)12(13,14)15/h2-5,16H,6-8H2,1H3/t11-/m1/s1. The number of alkyl halides is 3. The Hall–Kier alpha value is -1.13. The summed E-state index contributed by atoms with van der Waals surface area (Å²) in [5, 5.41) is 0. The van der Waals surface area contributed by atoms with E-state index in [4.69, 9.17) is 0 Å². The van der Waals surface area contributed by atoms with Gasteiger partial charge < -0.3 is 0 Å². The van der Waals surface area contributed by atoms with Gasteiger partial charge >= 0.3 is 6.18 Å². The first-order valence-corrected chi connectivity index (χ1v) is 9.55. The zero-order valence-corrected chi connectivity index (χ0v) is 13.1. The zero-order valence-electron chi connectivity index (χ0n) is 11.5. The molecule has 1 N–H and O–H groups in total. The van der Waals surface area contributed by atoms with Crippen LogP contribution in [0.2, 0.25) is 0 Å². The molecule has 0 saturated carbocycles. The molecule has 0 spiro atoms. The van der Waals surface area contributed by atoms with Crippen molar-refractivity contribution in [3.8, 4) is 0 Å². The molecule has 5 nitrogen and oxygen atoms in total. The number of benzene rings is 1. The fourth-order valence-electron chi connectivity index (χ4n) is 2.30. The molecule has 2 rings (SSSR count). The van der Waals surface area contributed by atoms with Gasteiger partial charge in [-0.25, -0.2) is 21.6 Å². The summed E-state index contributed by atoms with van der Waals surface area (Å²) >= 11 is 0. The monoisotopic (exact) mass is 357 g/mol.